The molecule has 0 aromatic carbocycles. The van der Waals surface area contributed by atoms with E-state index in [1.807, 2.05) is 0 Å². The minimum atomic E-state index is -3.37. The van der Waals surface area contributed by atoms with Crippen LogP contribution in [0.2, 0.25) is 0 Å². The topological polar surface area (TPSA) is 126 Å². The quantitative estimate of drug-likeness (QED) is 0.302. The number of hydrogen-bond acceptors (Lipinski definition) is 6. The summed E-state index contributed by atoms with van der Waals surface area (Å²) in [5.74, 6) is 0. The minimum Gasteiger partial charge on any atom is -0.598 e. The molecule has 0 unspecified atom stereocenters. The van der Waals surface area contributed by atoms with Crippen LogP contribution in [0, 0.1) is 0 Å². The second-order valence-electron chi connectivity index (χ2n) is 0.447. The molecule has 0 N–H and O–H groups in total. The van der Waals surface area contributed by atoms with Crippen molar-refractivity contribution in [3.8, 4) is 0 Å². The first-order chi connectivity index (χ1) is 3.46. The summed E-state index contributed by atoms with van der Waals surface area (Å²) >= 11 is 0. The smallest absolute Gasteiger partial charge is 0.598 e. The third-order valence-corrected chi connectivity index (χ3v) is 0. The van der Waals surface area contributed by atoms with E-state index >= 15 is 0 Å². The van der Waals surface area contributed by atoms with Crippen molar-refractivity contribution in [3.05, 3.63) is 0 Å². The van der Waals surface area contributed by atoms with Crippen LogP contribution < -0.4 is 19.6 Å². The van der Waals surface area contributed by atoms with E-state index in [0.29, 0.717) is 0 Å². The van der Waals surface area contributed by atoms with Crippen molar-refractivity contribution in [3.63, 3.8) is 0 Å². The van der Waals surface area contributed by atoms with Gasteiger partial charge in [0.25, 0.3) is 16.5 Å². The molecule has 0 amide bonds. The van der Waals surface area contributed by atoms with Crippen LogP contribution >= 0.6 is 16.5 Å². The van der Waals surface area contributed by atoms with Crippen LogP contribution in [0.15, 0.2) is 0 Å². The molecule has 0 heterocycles. The van der Waals surface area contributed by atoms with E-state index in [4.69, 9.17) is 28.7 Å². The van der Waals surface area contributed by atoms with Gasteiger partial charge in [-0.3, -0.25) is 0 Å². The summed E-state index contributed by atoms with van der Waals surface area (Å²) in [5, 5.41) is 0. The second kappa shape index (κ2) is 11.5. The van der Waals surface area contributed by atoms with Crippen molar-refractivity contribution in [2.24, 2.45) is 0 Å². The fourth-order valence-corrected chi connectivity index (χ4v) is 0. The van der Waals surface area contributed by atoms with Crippen molar-refractivity contribution in [1.29, 1.82) is 0 Å². The molecule has 0 aromatic heterocycles. The van der Waals surface area contributed by atoms with Gasteiger partial charge in [0, 0.05) is 0 Å². The SMILES string of the molecule is O=[P+]([O-])[O-].O=[P+]([O-])[O-].[Ti+4]. The van der Waals surface area contributed by atoms with Crippen molar-refractivity contribution in [2.45, 2.75) is 0 Å². The Morgan fingerprint density at radius 2 is 0.778 bits per heavy atom. The molecule has 0 bridgehead atoms. The third kappa shape index (κ3) is 702. The summed E-state index contributed by atoms with van der Waals surface area (Å²) in [7, 11) is -6.74. The Hall–Kier alpha value is 0.754. The molecule has 0 radical (unpaired) electrons. The van der Waals surface area contributed by atoms with E-state index in [0.717, 1.165) is 0 Å². The Bertz CT molecular complexity index is 69.1. The molecule has 0 aromatic rings. The van der Waals surface area contributed by atoms with Gasteiger partial charge in [0.05, 0.1) is 0 Å². The minimum absolute atomic E-state index is 0. The maximum Gasteiger partial charge on any atom is 4.00 e. The molecule has 0 saturated heterocycles. The second-order valence-corrected chi connectivity index (χ2v) is 1.34. The van der Waals surface area contributed by atoms with E-state index < -0.39 is 16.5 Å². The normalized spacial score (nSPS) is 5.78. The molecule has 0 saturated carbocycles. The van der Waals surface area contributed by atoms with Crippen molar-refractivity contribution in [2.75, 3.05) is 0 Å². The Kier molecular flexibility index (Phi) is 21.0. The monoisotopic (exact) mass is 206 g/mol. The van der Waals surface area contributed by atoms with Crippen LogP contribution in [0.4, 0.5) is 0 Å². The van der Waals surface area contributed by atoms with Gasteiger partial charge in [0.2, 0.25) is 0 Å². The number of rotatable bonds is 0. The van der Waals surface area contributed by atoms with E-state index in [-0.39, 0.29) is 21.7 Å². The zero-order chi connectivity index (χ0) is 7.15. The van der Waals surface area contributed by atoms with Gasteiger partial charge in [-0.1, -0.05) is 9.13 Å². The molecule has 9 heavy (non-hydrogen) atoms. The summed E-state index contributed by atoms with van der Waals surface area (Å²) in [6, 6.07) is 0. The van der Waals surface area contributed by atoms with Crippen LogP contribution in [-0.2, 0) is 30.8 Å². The van der Waals surface area contributed by atoms with Crippen LogP contribution in [0.3, 0.4) is 0 Å². The molecule has 9 heteroatoms. The fourth-order valence-electron chi connectivity index (χ4n) is 0. The molecule has 48 valence electrons. The summed E-state index contributed by atoms with van der Waals surface area (Å²) < 4.78 is 17.0. The van der Waals surface area contributed by atoms with Gasteiger partial charge in [-0.05, 0) is 0 Å². The maximum atomic E-state index is 8.48. The summed E-state index contributed by atoms with van der Waals surface area (Å²) in [6.07, 6.45) is 0. The Balaban J connectivity index is -0.0000000720. The number of hydrogen-bond donors (Lipinski definition) is 0. The molecular formula is O6P2Ti+2. The molecule has 0 aliphatic carbocycles. The van der Waals surface area contributed by atoms with Crippen molar-refractivity contribution < 1.29 is 50.4 Å². The van der Waals surface area contributed by atoms with Crippen LogP contribution in [0.5, 0.6) is 0 Å². The average Bonchev–Trinajstić information content (AvgIpc) is 1.25. The van der Waals surface area contributed by atoms with E-state index in [2.05, 4.69) is 0 Å². The van der Waals surface area contributed by atoms with Gasteiger partial charge in [-0.15, -0.1) is 0 Å². The third-order valence-electron chi connectivity index (χ3n) is 0. The van der Waals surface area contributed by atoms with Gasteiger partial charge < -0.3 is 19.6 Å². The van der Waals surface area contributed by atoms with Gasteiger partial charge in [-0.2, -0.15) is 0 Å². The predicted molar refractivity (Wildman–Crippen MR) is 15.2 cm³/mol. The molecular weight excluding hydrogens is 206 g/mol. The molecule has 0 aliphatic rings. The molecule has 6 nitrogen and oxygen atoms in total. The maximum absolute atomic E-state index is 8.48. The summed E-state index contributed by atoms with van der Waals surface area (Å²) in [4.78, 5) is 33.9. The van der Waals surface area contributed by atoms with Gasteiger partial charge in [-0.25, -0.2) is 0 Å². The van der Waals surface area contributed by atoms with Crippen LogP contribution in [0.1, 0.15) is 0 Å². The Morgan fingerprint density at radius 3 is 0.778 bits per heavy atom. The van der Waals surface area contributed by atoms with Gasteiger partial charge >= 0.3 is 21.7 Å². The van der Waals surface area contributed by atoms with Gasteiger partial charge in [0.1, 0.15) is 0 Å². The molecule has 0 spiro atoms. The Labute approximate surface area is 67.3 Å². The molecule has 0 atom stereocenters. The van der Waals surface area contributed by atoms with E-state index in [9.17, 15) is 0 Å². The van der Waals surface area contributed by atoms with Crippen LogP contribution in [0.25, 0.3) is 0 Å². The first-order valence-corrected chi connectivity index (χ1v) is 3.29. The standard InChI is InChI=1S/2HO3P.Ti/c2*1-4(2)3;/h2*(H,1,2,3);/q;;+4/p-2. The van der Waals surface area contributed by atoms with Gasteiger partial charge in [0.15, 0.2) is 0 Å². The first-order valence-electron chi connectivity index (χ1n) is 1.10. The largest absolute Gasteiger partial charge is 4.00 e. The van der Waals surface area contributed by atoms with Crippen molar-refractivity contribution in [1.82, 2.24) is 0 Å². The average molecular weight is 206 g/mol. The molecule has 0 fully saturated rings. The molecule has 0 aliphatic heterocycles. The fraction of sp³-hybridized carbons (Fsp3) is 0. The predicted octanol–water partition coefficient (Wildman–Crippen LogP) is -3.27. The Morgan fingerprint density at radius 1 is 0.778 bits per heavy atom. The van der Waals surface area contributed by atoms with E-state index in [1.165, 1.54) is 0 Å². The van der Waals surface area contributed by atoms with Crippen LogP contribution in [-0.4, -0.2) is 0 Å². The zero-order valence-electron chi connectivity index (χ0n) is 3.84. The zero-order valence-corrected chi connectivity index (χ0v) is 7.19. The first kappa shape index (κ1) is 16.4. The molecule has 0 rings (SSSR count). The summed E-state index contributed by atoms with van der Waals surface area (Å²) in [6.45, 7) is 0. The van der Waals surface area contributed by atoms with E-state index in [1.54, 1.807) is 0 Å². The summed E-state index contributed by atoms with van der Waals surface area (Å²) in [5.41, 5.74) is 0. The van der Waals surface area contributed by atoms with Crippen molar-refractivity contribution >= 4 is 16.5 Å².